The first-order valence-electron chi connectivity index (χ1n) is 1.80. The van der Waals surface area contributed by atoms with Gasteiger partial charge < -0.3 is 0 Å². The van der Waals surface area contributed by atoms with E-state index in [1.54, 1.807) is 11.8 Å². The molecule has 0 aliphatic rings. The normalized spacial score (nSPS) is 14.5. The number of thioether (sulfide) groups is 1. The van der Waals surface area contributed by atoms with Crippen LogP contribution in [0.25, 0.3) is 0 Å². The van der Waals surface area contributed by atoms with Crippen LogP contribution < -0.4 is 0 Å². The summed E-state index contributed by atoms with van der Waals surface area (Å²) >= 11 is 6.37. The summed E-state index contributed by atoms with van der Waals surface area (Å²) in [4.78, 5) is 0. The van der Waals surface area contributed by atoms with Crippen molar-refractivity contribution in [2.75, 3.05) is 5.75 Å². The molecule has 0 nitrogen and oxygen atoms in total. The van der Waals surface area contributed by atoms with Gasteiger partial charge in [0.15, 0.2) is 0 Å². The quantitative estimate of drug-likeness (QED) is 0.537. The Morgan fingerprint density at radius 3 is 2.50 bits per heavy atom. The summed E-state index contributed by atoms with van der Waals surface area (Å²) in [5, 5.41) is 0.382. The van der Waals surface area contributed by atoms with Gasteiger partial charge in [0.1, 0.15) is 0 Å². The van der Waals surface area contributed by atoms with E-state index >= 15 is 0 Å². The molecular weight excluding hydrogens is 112 g/mol. The summed E-state index contributed by atoms with van der Waals surface area (Å²) in [5.74, 6) is 0.995. The zero-order valence-corrected chi connectivity index (χ0v) is 5.44. The van der Waals surface area contributed by atoms with E-state index in [0.717, 1.165) is 5.75 Å². The van der Waals surface area contributed by atoms with E-state index in [9.17, 15) is 0 Å². The van der Waals surface area contributed by atoms with Crippen molar-refractivity contribution in [3.05, 3.63) is 6.26 Å². The highest BCUT2D eigenvalue weighted by Crippen LogP contribution is 2.02. The van der Waals surface area contributed by atoms with Crippen LogP contribution in [0.5, 0.6) is 0 Å². The lowest BCUT2D eigenvalue weighted by atomic mass is 10.6. The maximum atomic E-state index is 4.82. The van der Waals surface area contributed by atoms with E-state index in [2.05, 4.69) is 6.26 Å². The highest BCUT2D eigenvalue weighted by atomic mass is 32.2. The predicted octanol–water partition coefficient (Wildman–Crippen LogP) is 2.10. The fourth-order valence-electron chi connectivity index (χ4n) is 0.166. The molecule has 1 unspecified atom stereocenters. The van der Waals surface area contributed by atoms with E-state index in [-0.39, 0.29) is 0 Å². The third kappa shape index (κ3) is 4.70. The molecule has 0 aliphatic carbocycles. The molecule has 0 bridgehead atoms. The van der Waals surface area contributed by atoms with Crippen LogP contribution in [0.2, 0.25) is 0 Å². The van der Waals surface area contributed by atoms with E-state index in [4.69, 9.17) is 12.6 Å². The summed E-state index contributed by atoms with van der Waals surface area (Å²) in [6, 6.07) is 0. The Bertz CT molecular complexity index is 26.7. The van der Waals surface area contributed by atoms with Gasteiger partial charge in [-0.1, -0.05) is 19.6 Å². The van der Waals surface area contributed by atoms with Crippen molar-refractivity contribution in [1.82, 2.24) is 0 Å². The van der Waals surface area contributed by atoms with Crippen molar-refractivity contribution < 1.29 is 0 Å². The van der Waals surface area contributed by atoms with Crippen LogP contribution >= 0.6 is 24.4 Å². The van der Waals surface area contributed by atoms with Gasteiger partial charge in [-0.3, -0.25) is 0 Å². The van der Waals surface area contributed by atoms with Crippen LogP contribution in [0.15, 0.2) is 0 Å². The molecule has 0 aromatic carbocycles. The molecule has 0 aromatic rings. The van der Waals surface area contributed by atoms with Gasteiger partial charge in [-0.25, -0.2) is 0 Å². The van der Waals surface area contributed by atoms with Crippen molar-refractivity contribution in [2.24, 2.45) is 0 Å². The van der Waals surface area contributed by atoms with E-state index in [1.807, 2.05) is 6.92 Å². The summed E-state index contributed by atoms with van der Waals surface area (Å²) in [6.07, 6.45) is 3.58. The molecule has 0 spiro atoms. The summed E-state index contributed by atoms with van der Waals surface area (Å²) < 4.78 is 0. The average molecular weight is 120 g/mol. The minimum Gasteiger partial charge on any atom is -0.160 e. The molecule has 0 rings (SSSR count). The van der Waals surface area contributed by atoms with Crippen molar-refractivity contribution in [1.29, 1.82) is 0 Å². The molecule has 0 N–H and O–H groups in total. The third-order valence-corrected chi connectivity index (χ3v) is 1.47. The lowest BCUT2D eigenvalue weighted by molar-refractivity contribution is 1.15. The highest BCUT2D eigenvalue weighted by Gasteiger charge is 1.88. The maximum absolute atomic E-state index is 4.82. The van der Waals surface area contributed by atoms with Crippen LogP contribution in [0.1, 0.15) is 6.92 Å². The van der Waals surface area contributed by atoms with Gasteiger partial charge in [-0.2, -0.15) is 11.8 Å². The molecule has 0 saturated heterocycles. The minimum atomic E-state index is 0.382. The van der Waals surface area contributed by atoms with Crippen LogP contribution in [-0.4, -0.2) is 11.0 Å². The summed E-state index contributed by atoms with van der Waals surface area (Å²) in [7, 11) is 0. The van der Waals surface area contributed by atoms with Crippen LogP contribution in [0.4, 0.5) is 0 Å². The molecule has 0 saturated carbocycles. The first-order chi connectivity index (χ1) is 2.77. The zero-order chi connectivity index (χ0) is 4.99. The lowest BCUT2D eigenvalue weighted by Crippen LogP contribution is -1.91. The van der Waals surface area contributed by atoms with Gasteiger partial charge in [-0.15, -0.1) is 0 Å². The lowest BCUT2D eigenvalue weighted by Gasteiger charge is -1.93. The molecule has 36 valence electrons. The van der Waals surface area contributed by atoms with Crippen molar-refractivity contribution in [3.63, 3.8) is 0 Å². The number of hydrogen-bond donors (Lipinski definition) is 0. The van der Waals surface area contributed by atoms with Gasteiger partial charge in [0.05, 0.1) is 0 Å². The molecule has 6 heavy (non-hydrogen) atoms. The van der Waals surface area contributed by atoms with Crippen molar-refractivity contribution >= 4 is 24.4 Å². The van der Waals surface area contributed by atoms with Crippen molar-refractivity contribution in [2.45, 2.75) is 12.2 Å². The van der Waals surface area contributed by atoms with Crippen LogP contribution in [0.3, 0.4) is 0 Å². The van der Waals surface area contributed by atoms with E-state index in [1.165, 1.54) is 0 Å². The molecule has 0 heterocycles. The molecule has 1 atom stereocenters. The molecule has 0 aromatic heterocycles. The second-order valence-electron chi connectivity index (χ2n) is 1.18. The van der Waals surface area contributed by atoms with Crippen molar-refractivity contribution in [3.8, 4) is 0 Å². The molecule has 0 fully saturated rings. The number of rotatable bonds is 2. The Labute approximate surface area is 49.1 Å². The fraction of sp³-hybridized carbons (Fsp3) is 0.750. The average Bonchev–Trinajstić information content (AvgIpc) is 1.35. The Morgan fingerprint density at radius 1 is 2.00 bits per heavy atom. The summed E-state index contributed by atoms with van der Waals surface area (Å²) in [5.41, 5.74) is 0. The monoisotopic (exact) mass is 120 g/mol. The van der Waals surface area contributed by atoms with Crippen LogP contribution in [0, 0.1) is 6.26 Å². The molecule has 2 radical (unpaired) electrons. The first kappa shape index (κ1) is 6.70. The Kier molecular flexibility index (Phi) is 4.33. The molecule has 0 aliphatic heterocycles. The minimum absolute atomic E-state index is 0.382. The predicted molar refractivity (Wildman–Crippen MR) is 34.9 cm³/mol. The molecule has 2 heteroatoms. The second-order valence-corrected chi connectivity index (χ2v) is 2.73. The highest BCUT2D eigenvalue weighted by molar-refractivity contribution is 8.01. The second kappa shape index (κ2) is 3.88. The van der Waals surface area contributed by atoms with E-state index in [0.29, 0.717) is 5.25 Å². The van der Waals surface area contributed by atoms with Gasteiger partial charge >= 0.3 is 0 Å². The molecule has 0 amide bonds. The summed E-state index contributed by atoms with van der Waals surface area (Å²) in [6.45, 7) is 2.01. The van der Waals surface area contributed by atoms with Gasteiger partial charge in [-0.05, 0) is 0 Å². The first-order valence-corrected chi connectivity index (χ1v) is 3.42. The third-order valence-electron chi connectivity index (χ3n) is 0.353. The van der Waals surface area contributed by atoms with E-state index < -0.39 is 0 Å². The topological polar surface area (TPSA) is 0 Å². The Hall–Kier alpha value is 0.700. The zero-order valence-electron chi connectivity index (χ0n) is 3.81. The van der Waals surface area contributed by atoms with Gasteiger partial charge in [0.25, 0.3) is 0 Å². The fourth-order valence-corrected chi connectivity index (χ4v) is 0.787. The van der Waals surface area contributed by atoms with Gasteiger partial charge in [0.2, 0.25) is 0 Å². The standard InChI is InChI=1S/C4H8S2/c1-4(5)3-6-2/h4H,2-3H2,1H3. The SMILES string of the molecule is [CH2]SCC(C)[S]. The maximum Gasteiger partial charge on any atom is 0.0213 e. The Balaban J connectivity index is 2.63. The van der Waals surface area contributed by atoms with Crippen LogP contribution in [-0.2, 0) is 0 Å². The largest absolute Gasteiger partial charge is 0.160 e. The van der Waals surface area contributed by atoms with Gasteiger partial charge in [0, 0.05) is 17.3 Å². The smallest absolute Gasteiger partial charge is 0.0213 e. The Morgan fingerprint density at radius 2 is 2.50 bits per heavy atom. The molecular formula is C4H8S2. The number of hydrogen-bond acceptors (Lipinski definition) is 1.